The predicted molar refractivity (Wildman–Crippen MR) is 112 cm³/mol. The second-order valence-corrected chi connectivity index (χ2v) is 9.22. The molecule has 2 rings (SSSR count). The van der Waals surface area contributed by atoms with Crippen LogP contribution in [0.1, 0.15) is 51.5 Å². The monoisotopic (exact) mass is 395 g/mol. The number of nitrogens with zero attached hydrogens (tertiary/aromatic N) is 2. The Morgan fingerprint density at radius 3 is 2.33 bits per heavy atom. The molecule has 7 heteroatoms. The first kappa shape index (κ1) is 21.7. The molecule has 0 unspecified atom stereocenters. The molecule has 1 saturated carbocycles. The number of anilines is 2. The lowest BCUT2D eigenvalue weighted by Gasteiger charge is -2.26. The fourth-order valence-corrected chi connectivity index (χ4v) is 4.98. The molecular weight excluding hydrogens is 362 g/mol. The maximum absolute atomic E-state index is 12.4. The first-order valence-electron chi connectivity index (χ1n) is 9.88. The molecule has 0 saturated heterocycles. The van der Waals surface area contributed by atoms with Gasteiger partial charge in [0, 0.05) is 43.5 Å². The molecule has 152 valence electrons. The second-order valence-electron chi connectivity index (χ2n) is 7.28. The molecule has 1 aromatic carbocycles. The van der Waals surface area contributed by atoms with E-state index in [1.54, 1.807) is 0 Å². The molecule has 1 N–H and O–H groups in total. The summed E-state index contributed by atoms with van der Waals surface area (Å²) in [6.45, 7) is 8.32. The topological polar surface area (TPSA) is 69.7 Å². The van der Waals surface area contributed by atoms with Crippen LogP contribution in [0, 0.1) is 6.92 Å². The fraction of sp³-hybridized carbons (Fsp3) is 0.650. The SMILES string of the molecule is CCN(CC)c1ccc(NC(=O)CCN(C2CCCC2)S(C)(=O)=O)c(C)c1. The number of sulfonamides is 1. The van der Waals surface area contributed by atoms with Crippen LogP contribution in [0.3, 0.4) is 0 Å². The summed E-state index contributed by atoms with van der Waals surface area (Å²) >= 11 is 0. The Labute approximate surface area is 164 Å². The van der Waals surface area contributed by atoms with E-state index >= 15 is 0 Å². The van der Waals surface area contributed by atoms with Crippen LogP contribution in [0.4, 0.5) is 11.4 Å². The van der Waals surface area contributed by atoms with Gasteiger partial charge in [-0.2, -0.15) is 4.31 Å². The summed E-state index contributed by atoms with van der Waals surface area (Å²) in [7, 11) is -3.30. The molecule has 1 aliphatic carbocycles. The highest BCUT2D eigenvalue weighted by Gasteiger charge is 2.29. The summed E-state index contributed by atoms with van der Waals surface area (Å²) in [4.78, 5) is 14.7. The number of rotatable bonds is 9. The molecule has 0 atom stereocenters. The molecule has 0 bridgehead atoms. The highest BCUT2D eigenvalue weighted by molar-refractivity contribution is 7.88. The molecule has 27 heavy (non-hydrogen) atoms. The zero-order chi connectivity index (χ0) is 20.0. The molecule has 1 amide bonds. The van der Waals surface area contributed by atoms with E-state index in [1.807, 2.05) is 19.1 Å². The number of aryl methyl sites for hydroxylation is 1. The third-order valence-corrected chi connectivity index (χ3v) is 6.66. The number of carbonyl (C=O) groups is 1. The predicted octanol–water partition coefficient (Wildman–Crippen LogP) is 3.37. The van der Waals surface area contributed by atoms with Gasteiger partial charge in [-0.15, -0.1) is 0 Å². The van der Waals surface area contributed by atoms with Gasteiger partial charge in [0.05, 0.1) is 6.26 Å². The van der Waals surface area contributed by atoms with Gasteiger partial charge < -0.3 is 10.2 Å². The number of benzene rings is 1. The van der Waals surface area contributed by atoms with Gasteiger partial charge in [0.2, 0.25) is 15.9 Å². The van der Waals surface area contributed by atoms with Crippen molar-refractivity contribution in [2.24, 2.45) is 0 Å². The van der Waals surface area contributed by atoms with Crippen molar-refractivity contribution in [3.63, 3.8) is 0 Å². The number of hydrogen-bond donors (Lipinski definition) is 1. The fourth-order valence-electron chi connectivity index (χ4n) is 3.81. The van der Waals surface area contributed by atoms with Gasteiger partial charge in [0.25, 0.3) is 0 Å². The van der Waals surface area contributed by atoms with Gasteiger partial charge >= 0.3 is 0 Å². The van der Waals surface area contributed by atoms with Crippen molar-refractivity contribution in [2.45, 2.75) is 58.9 Å². The highest BCUT2D eigenvalue weighted by Crippen LogP contribution is 2.26. The maximum Gasteiger partial charge on any atom is 0.225 e. The Kier molecular flexibility index (Phi) is 7.68. The van der Waals surface area contributed by atoms with E-state index in [0.717, 1.165) is 55.7 Å². The van der Waals surface area contributed by atoms with Crippen molar-refractivity contribution in [3.8, 4) is 0 Å². The molecular formula is C20H33N3O3S. The van der Waals surface area contributed by atoms with Crippen LogP contribution in [-0.2, 0) is 14.8 Å². The summed E-state index contributed by atoms with van der Waals surface area (Å²) in [5.41, 5.74) is 2.92. The van der Waals surface area contributed by atoms with Crippen molar-refractivity contribution in [1.29, 1.82) is 0 Å². The molecule has 6 nitrogen and oxygen atoms in total. The van der Waals surface area contributed by atoms with E-state index in [4.69, 9.17) is 0 Å². The van der Waals surface area contributed by atoms with Crippen LogP contribution in [0.2, 0.25) is 0 Å². The van der Waals surface area contributed by atoms with Gasteiger partial charge in [-0.25, -0.2) is 8.42 Å². The van der Waals surface area contributed by atoms with E-state index in [9.17, 15) is 13.2 Å². The van der Waals surface area contributed by atoms with Crippen molar-refractivity contribution in [1.82, 2.24) is 4.31 Å². The molecule has 1 aliphatic rings. The summed E-state index contributed by atoms with van der Waals surface area (Å²) in [5, 5.41) is 2.93. The van der Waals surface area contributed by atoms with Gasteiger partial charge in [-0.3, -0.25) is 4.79 Å². The van der Waals surface area contributed by atoms with Crippen LogP contribution in [0.25, 0.3) is 0 Å². The Balaban J connectivity index is 1.98. The van der Waals surface area contributed by atoms with Gasteiger partial charge in [0.1, 0.15) is 0 Å². The van der Waals surface area contributed by atoms with E-state index < -0.39 is 10.0 Å². The summed E-state index contributed by atoms with van der Waals surface area (Å²) in [6.07, 6.45) is 5.29. The van der Waals surface area contributed by atoms with Crippen LogP contribution < -0.4 is 10.2 Å². The van der Waals surface area contributed by atoms with E-state index in [2.05, 4.69) is 30.1 Å². The number of carbonyl (C=O) groups excluding carboxylic acids is 1. The minimum atomic E-state index is -3.30. The van der Waals surface area contributed by atoms with E-state index in [0.29, 0.717) is 0 Å². The minimum absolute atomic E-state index is 0.0443. The number of amides is 1. The average Bonchev–Trinajstić information content (AvgIpc) is 3.11. The zero-order valence-corrected chi connectivity index (χ0v) is 17.8. The number of hydrogen-bond acceptors (Lipinski definition) is 4. The lowest BCUT2D eigenvalue weighted by Crippen LogP contribution is -2.39. The quantitative estimate of drug-likeness (QED) is 0.696. The zero-order valence-electron chi connectivity index (χ0n) is 17.0. The second kappa shape index (κ2) is 9.55. The first-order valence-corrected chi connectivity index (χ1v) is 11.7. The molecule has 0 radical (unpaired) electrons. The first-order chi connectivity index (χ1) is 12.8. The smallest absolute Gasteiger partial charge is 0.225 e. The normalized spacial score (nSPS) is 15.3. The van der Waals surface area contributed by atoms with Crippen molar-refractivity contribution in [2.75, 3.05) is 36.1 Å². The van der Waals surface area contributed by atoms with Crippen molar-refractivity contribution >= 4 is 27.3 Å². The van der Waals surface area contributed by atoms with Gasteiger partial charge in [-0.05, 0) is 57.4 Å². The average molecular weight is 396 g/mol. The Morgan fingerprint density at radius 2 is 1.81 bits per heavy atom. The molecule has 0 aliphatic heterocycles. The minimum Gasteiger partial charge on any atom is -0.372 e. The summed E-state index contributed by atoms with van der Waals surface area (Å²) in [5.74, 6) is -0.152. The van der Waals surface area contributed by atoms with Crippen LogP contribution in [0.5, 0.6) is 0 Å². The Hall–Kier alpha value is -1.60. The molecule has 1 fully saturated rings. The standard InChI is InChI=1S/C20H33N3O3S/c1-5-22(6-2)18-11-12-19(16(3)15-18)21-20(24)13-14-23(27(4,25)26)17-9-7-8-10-17/h11-12,15,17H,5-10,13-14H2,1-4H3,(H,21,24). The summed E-state index contributed by atoms with van der Waals surface area (Å²) in [6, 6.07) is 6.05. The lowest BCUT2D eigenvalue weighted by molar-refractivity contribution is -0.116. The molecule has 0 spiro atoms. The third kappa shape index (κ3) is 5.94. The van der Waals surface area contributed by atoms with Crippen molar-refractivity contribution in [3.05, 3.63) is 23.8 Å². The van der Waals surface area contributed by atoms with Crippen LogP contribution >= 0.6 is 0 Å². The van der Waals surface area contributed by atoms with Crippen LogP contribution in [0.15, 0.2) is 18.2 Å². The molecule has 0 heterocycles. The van der Waals surface area contributed by atoms with Crippen LogP contribution in [-0.4, -0.2) is 50.6 Å². The largest absolute Gasteiger partial charge is 0.372 e. The maximum atomic E-state index is 12.4. The Morgan fingerprint density at radius 1 is 1.19 bits per heavy atom. The van der Waals surface area contributed by atoms with Gasteiger partial charge in [-0.1, -0.05) is 12.8 Å². The van der Waals surface area contributed by atoms with E-state index in [-0.39, 0.29) is 24.9 Å². The molecule has 0 aromatic heterocycles. The summed E-state index contributed by atoms with van der Waals surface area (Å²) < 4.78 is 25.7. The Bertz CT molecular complexity index is 739. The van der Waals surface area contributed by atoms with Crippen molar-refractivity contribution < 1.29 is 13.2 Å². The highest BCUT2D eigenvalue weighted by atomic mass is 32.2. The van der Waals surface area contributed by atoms with E-state index in [1.165, 1.54) is 10.6 Å². The number of nitrogens with one attached hydrogen (secondary N) is 1. The third-order valence-electron chi connectivity index (χ3n) is 5.33. The molecule has 1 aromatic rings. The lowest BCUT2D eigenvalue weighted by atomic mass is 10.1. The van der Waals surface area contributed by atoms with Gasteiger partial charge in [0.15, 0.2) is 0 Å².